The second-order valence-corrected chi connectivity index (χ2v) is 6.14. The van der Waals surface area contributed by atoms with E-state index < -0.39 is 0 Å². The molecule has 1 heteroatoms. The molecule has 2 N–H and O–H groups in total. The maximum absolute atomic E-state index is 5.81. The van der Waals surface area contributed by atoms with E-state index in [1.807, 2.05) is 0 Å². The van der Waals surface area contributed by atoms with E-state index in [-0.39, 0.29) is 5.41 Å². The van der Waals surface area contributed by atoms with Gasteiger partial charge in [0, 0.05) is 12.0 Å². The summed E-state index contributed by atoms with van der Waals surface area (Å²) in [7, 11) is 0. The second kappa shape index (κ2) is 5.22. The second-order valence-electron chi connectivity index (χ2n) is 6.14. The van der Waals surface area contributed by atoms with Gasteiger partial charge in [0.2, 0.25) is 0 Å². The molecule has 1 aromatic rings. The van der Waals surface area contributed by atoms with E-state index in [1.165, 1.54) is 43.2 Å². The molecule has 0 aromatic heterocycles. The van der Waals surface area contributed by atoms with Crippen molar-refractivity contribution in [3.05, 3.63) is 35.4 Å². The number of hydrogen-bond donors (Lipinski definition) is 1. The smallest absolute Gasteiger partial charge is 0.00190 e. The zero-order valence-corrected chi connectivity index (χ0v) is 11.2. The van der Waals surface area contributed by atoms with Crippen LogP contribution in [0.4, 0.5) is 0 Å². The summed E-state index contributed by atoms with van der Waals surface area (Å²) in [6.45, 7) is 5.12. The number of nitrogens with two attached hydrogens (primary N) is 1. The zero-order chi connectivity index (χ0) is 12.3. The lowest BCUT2D eigenvalue weighted by Crippen LogP contribution is -2.27. The topological polar surface area (TPSA) is 26.0 Å². The fourth-order valence-electron chi connectivity index (χ4n) is 2.76. The first-order valence-electron chi connectivity index (χ1n) is 6.91. The fraction of sp³-hybridized carbons (Fsp3) is 0.625. The third-order valence-corrected chi connectivity index (χ3v) is 4.24. The Balaban J connectivity index is 2.02. The minimum atomic E-state index is 0.103. The summed E-state index contributed by atoms with van der Waals surface area (Å²) in [5.74, 6) is 0.934. The molecule has 0 aliphatic heterocycles. The van der Waals surface area contributed by atoms with Crippen LogP contribution in [0.3, 0.4) is 0 Å². The van der Waals surface area contributed by atoms with Crippen molar-refractivity contribution in [1.82, 2.24) is 0 Å². The van der Waals surface area contributed by atoms with Gasteiger partial charge in [-0.2, -0.15) is 0 Å². The molecular formula is C16H25N. The molecule has 17 heavy (non-hydrogen) atoms. The molecule has 0 spiro atoms. The van der Waals surface area contributed by atoms with Crippen molar-refractivity contribution < 1.29 is 0 Å². The largest absolute Gasteiger partial charge is 0.330 e. The summed E-state index contributed by atoms with van der Waals surface area (Å²) >= 11 is 0. The van der Waals surface area contributed by atoms with Gasteiger partial charge in [0.1, 0.15) is 0 Å². The van der Waals surface area contributed by atoms with Crippen LogP contribution in [0.15, 0.2) is 24.3 Å². The molecule has 1 saturated carbocycles. The Bertz CT molecular complexity index is 344. The van der Waals surface area contributed by atoms with Crippen molar-refractivity contribution in [3.63, 3.8) is 0 Å². The van der Waals surface area contributed by atoms with Gasteiger partial charge in [0.05, 0.1) is 0 Å². The summed E-state index contributed by atoms with van der Waals surface area (Å²) in [5, 5.41) is 0. The first kappa shape index (κ1) is 12.6. The van der Waals surface area contributed by atoms with Crippen LogP contribution in [-0.2, 0) is 11.8 Å². The van der Waals surface area contributed by atoms with E-state index >= 15 is 0 Å². The Kier molecular flexibility index (Phi) is 3.88. The van der Waals surface area contributed by atoms with Gasteiger partial charge in [0.25, 0.3) is 0 Å². The third-order valence-electron chi connectivity index (χ3n) is 4.24. The monoisotopic (exact) mass is 231 g/mol. The summed E-state index contributed by atoms with van der Waals surface area (Å²) in [4.78, 5) is 0. The van der Waals surface area contributed by atoms with E-state index in [1.54, 1.807) is 0 Å². The van der Waals surface area contributed by atoms with E-state index in [4.69, 9.17) is 5.73 Å². The van der Waals surface area contributed by atoms with Crippen LogP contribution in [0, 0.1) is 5.92 Å². The van der Waals surface area contributed by atoms with Crippen LogP contribution in [0.25, 0.3) is 0 Å². The van der Waals surface area contributed by atoms with Crippen LogP contribution in [-0.4, -0.2) is 6.54 Å². The van der Waals surface area contributed by atoms with Crippen LogP contribution in [0.5, 0.6) is 0 Å². The van der Waals surface area contributed by atoms with E-state index in [2.05, 4.69) is 38.1 Å². The summed E-state index contributed by atoms with van der Waals surface area (Å²) in [6, 6.07) is 9.12. The van der Waals surface area contributed by atoms with Gasteiger partial charge in [-0.05, 0) is 23.5 Å². The number of rotatable bonds is 4. The van der Waals surface area contributed by atoms with Crippen LogP contribution in [0.1, 0.15) is 50.7 Å². The van der Waals surface area contributed by atoms with E-state index in [0.717, 1.165) is 5.92 Å². The van der Waals surface area contributed by atoms with Gasteiger partial charge in [-0.15, -0.1) is 0 Å². The van der Waals surface area contributed by atoms with Gasteiger partial charge in [-0.1, -0.05) is 63.8 Å². The van der Waals surface area contributed by atoms with Gasteiger partial charge in [-0.25, -0.2) is 0 Å². The summed E-state index contributed by atoms with van der Waals surface area (Å²) < 4.78 is 0. The predicted octanol–water partition coefficient (Wildman–Crippen LogP) is 3.66. The molecule has 2 rings (SSSR count). The molecule has 0 bridgehead atoms. The lowest BCUT2D eigenvalue weighted by molar-refractivity contribution is 0.535. The van der Waals surface area contributed by atoms with Crippen LogP contribution >= 0.6 is 0 Å². The Hall–Kier alpha value is -0.820. The van der Waals surface area contributed by atoms with Crippen molar-refractivity contribution in [2.24, 2.45) is 11.7 Å². The standard InChI is InChI=1S/C16H25N/c1-16(2,12-17)15-9-7-14(8-10-15)11-13-5-3-4-6-13/h7-10,13H,3-6,11-12,17H2,1-2H3. The van der Waals surface area contributed by atoms with Crippen molar-refractivity contribution >= 4 is 0 Å². The highest BCUT2D eigenvalue weighted by Crippen LogP contribution is 2.29. The Morgan fingerprint density at radius 2 is 1.71 bits per heavy atom. The van der Waals surface area contributed by atoms with Crippen molar-refractivity contribution in [3.8, 4) is 0 Å². The third kappa shape index (κ3) is 3.10. The Morgan fingerprint density at radius 3 is 2.24 bits per heavy atom. The normalized spacial score (nSPS) is 17.6. The quantitative estimate of drug-likeness (QED) is 0.841. The van der Waals surface area contributed by atoms with Crippen LogP contribution < -0.4 is 5.73 Å². The highest BCUT2D eigenvalue weighted by Gasteiger charge is 2.19. The molecule has 94 valence electrons. The molecule has 0 atom stereocenters. The molecule has 0 amide bonds. The SMILES string of the molecule is CC(C)(CN)c1ccc(CC2CCCC2)cc1. The maximum atomic E-state index is 5.81. The number of benzene rings is 1. The molecule has 1 aliphatic rings. The minimum absolute atomic E-state index is 0.103. The average molecular weight is 231 g/mol. The highest BCUT2D eigenvalue weighted by molar-refractivity contribution is 5.28. The highest BCUT2D eigenvalue weighted by atomic mass is 14.6. The van der Waals surface area contributed by atoms with E-state index in [0.29, 0.717) is 6.54 Å². The molecule has 1 nitrogen and oxygen atoms in total. The molecule has 0 unspecified atom stereocenters. The lowest BCUT2D eigenvalue weighted by Gasteiger charge is -2.23. The Morgan fingerprint density at radius 1 is 1.12 bits per heavy atom. The van der Waals surface area contributed by atoms with Crippen molar-refractivity contribution in [1.29, 1.82) is 0 Å². The average Bonchev–Trinajstić information content (AvgIpc) is 2.83. The number of hydrogen-bond acceptors (Lipinski definition) is 1. The molecule has 1 aliphatic carbocycles. The predicted molar refractivity (Wildman–Crippen MR) is 74.2 cm³/mol. The minimum Gasteiger partial charge on any atom is -0.330 e. The molecule has 1 aromatic carbocycles. The Labute approximate surface area is 105 Å². The van der Waals surface area contributed by atoms with Gasteiger partial charge in [-0.3, -0.25) is 0 Å². The molecule has 1 fully saturated rings. The van der Waals surface area contributed by atoms with Gasteiger partial charge < -0.3 is 5.73 Å². The zero-order valence-electron chi connectivity index (χ0n) is 11.2. The fourth-order valence-corrected chi connectivity index (χ4v) is 2.76. The van der Waals surface area contributed by atoms with Gasteiger partial charge >= 0.3 is 0 Å². The molecular weight excluding hydrogens is 206 g/mol. The summed E-state index contributed by atoms with van der Waals surface area (Å²) in [5.41, 5.74) is 8.76. The first-order valence-corrected chi connectivity index (χ1v) is 6.91. The molecule has 0 radical (unpaired) electrons. The molecule has 0 saturated heterocycles. The van der Waals surface area contributed by atoms with Crippen molar-refractivity contribution in [2.45, 2.75) is 51.4 Å². The van der Waals surface area contributed by atoms with Crippen molar-refractivity contribution in [2.75, 3.05) is 6.54 Å². The molecule has 0 heterocycles. The maximum Gasteiger partial charge on any atom is 0.00190 e. The van der Waals surface area contributed by atoms with Crippen LogP contribution in [0.2, 0.25) is 0 Å². The first-order chi connectivity index (χ1) is 8.12. The summed E-state index contributed by atoms with van der Waals surface area (Å²) in [6.07, 6.45) is 6.99. The van der Waals surface area contributed by atoms with Gasteiger partial charge in [0.15, 0.2) is 0 Å². The van der Waals surface area contributed by atoms with E-state index in [9.17, 15) is 0 Å². The lowest BCUT2D eigenvalue weighted by atomic mass is 9.84.